The number of ether oxygens (including phenoxy) is 1. The van der Waals surface area contributed by atoms with Crippen molar-refractivity contribution in [2.24, 2.45) is 5.92 Å². The quantitative estimate of drug-likeness (QED) is 0.813. The van der Waals surface area contributed by atoms with Crippen molar-refractivity contribution in [1.82, 2.24) is 9.80 Å². The van der Waals surface area contributed by atoms with Gasteiger partial charge in [0.2, 0.25) is 0 Å². The molecule has 2 saturated heterocycles. The molecule has 5 heteroatoms. The molecule has 1 N–H and O–H groups in total. The summed E-state index contributed by atoms with van der Waals surface area (Å²) in [5.74, 6) is 1.08. The summed E-state index contributed by atoms with van der Waals surface area (Å²) in [5, 5.41) is 19.4. The Morgan fingerprint density at radius 2 is 1.81 bits per heavy atom. The van der Waals surface area contributed by atoms with E-state index in [9.17, 15) is 5.11 Å². The minimum absolute atomic E-state index is 0.211. The maximum Gasteiger partial charge on any atom is 0.123 e. The molecule has 142 valence electrons. The number of benzene rings is 1. The molecule has 1 aromatic rings. The number of rotatable bonds is 7. The van der Waals surface area contributed by atoms with Crippen molar-refractivity contribution in [1.29, 1.82) is 5.26 Å². The van der Waals surface area contributed by atoms with Crippen LogP contribution in [0.4, 0.5) is 0 Å². The molecule has 0 amide bonds. The lowest BCUT2D eigenvalue weighted by molar-refractivity contribution is 0.0610. The molecule has 0 saturated carbocycles. The molecule has 2 fully saturated rings. The number of β-amino-alcohol motifs (C(OH)–C–C–N with tert-alkyl or cyclic N) is 1. The molecule has 0 aromatic heterocycles. The van der Waals surface area contributed by atoms with Gasteiger partial charge in [-0.15, -0.1) is 0 Å². The number of aliphatic hydroxyl groups excluding tert-OH is 1. The van der Waals surface area contributed by atoms with Gasteiger partial charge in [-0.3, -0.25) is 4.90 Å². The van der Waals surface area contributed by atoms with E-state index >= 15 is 0 Å². The van der Waals surface area contributed by atoms with Crippen LogP contribution in [0.15, 0.2) is 24.3 Å². The van der Waals surface area contributed by atoms with Crippen LogP contribution in [0, 0.1) is 17.2 Å². The highest BCUT2D eigenvalue weighted by Gasteiger charge is 2.20. The lowest BCUT2D eigenvalue weighted by Crippen LogP contribution is -2.38. The van der Waals surface area contributed by atoms with Crippen molar-refractivity contribution in [2.75, 3.05) is 39.3 Å². The zero-order chi connectivity index (χ0) is 18.2. The molecule has 26 heavy (non-hydrogen) atoms. The van der Waals surface area contributed by atoms with Crippen LogP contribution in [-0.4, -0.2) is 60.3 Å². The van der Waals surface area contributed by atoms with Crippen molar-refractivity contribution in [3.8, 4) is 11.8 Å². The maximum atomic E-state index is 10.3. The number of aliphatic hydroxyl groups is 1. The van der Waals surface area contributed by atoms with E-state index in [1.54, 1.807) is 0 Å². The van der Waals surface area contributed by atoms with Gasteiger partial charge >= 0.3 is 0 Å². The van der Waals surface area contributed by atoms with Crippen LogP contribution in [0.2, 0.25) is 0 Å². The molecule has 0 aliphatic carbocycles. The zero-order valence-corrected chi connectivity index (χ0v) is 15.6. The Labute approximate surface area is 157 Å². The van der Waals surface area contributed by atoms with Gasteiger partial charge in [0.05, 0.1) is 6.07 Å². The summed E-state index contributed by atoms with van der Waals surface area (Å²) in [4.78, 5) is 4.73. The van der Waals surface area contributed by atoms with Gasteiger partial charge in [0.1, 0.15) is 18.5 Å². The molecule has 3 rings (SSSR count). The number of likely N-dealkylation sites (tertiary alicyclic amines) is 2. The van der Waals surface area contributed by atoms with E-state index in [-0.39, 0.29) is 5.92 Å². The first-order valence-corrected chi connectivity index (χ1v) is 9.97. The normalized spacial score (nSPS) is 21.2. The summed E-state index contributed by atoms with van der Waals surface area (Å²) in [6.07, 6.45) is 5.23. The summed E-state index contributed by atoms with van der Waals surface area (Å²) in [5.41, 5.74) is 1.16. The fourth-order valence-electron chi connectivity index (χ4n) is 3.92. The summed E-state index contributed by atoms with van der Waals surface area (Å²) in [6.45, 7) is 5.98. The van der Waals surface area contributed by atoms with E-state index in [0.29, 0.717) is 13.2 Å². The summed E-state index contributed by atoms with van der Waals surface area (Å²) >= 11 is 0. The van der Waals surface area contributed by atoms with E-state index < -0.39 is 6.10 Å². The van der Waals surface area contributed by atoms with Crippen molar-refractivity contribution in [3.05, 3.63) is 29.8 Å². The molecule has 5 nitrogen and oxygen atoms in total. The molecule has 0 radical (unpaired) electrons. The van der Waals surface area contributed by atoms with Gasteiger partial charge in [-0.05, 0) is 57.9 Å². The highest BCUT2D eigenvalue weighted by molar-refractivity contribution is 5.33. The van der Waals surface area contributed by atoms with Crippen molar-refractivity contribution in [2.45, 2.75) is 44.8 Å². The molecular weight excluding hydrogens is 326 g/mol. The van der Waals surface area contributed by atoms with Crippen LogP contribution in [0.1, 0.15) is 37.7 Å². The second-order valence-corrected chi connectivity index (χ2v) is 7.61. The van der Waals surface area contributed by atoms with Gasteiger partial charge in [-0.1, -0.05) is 24.6 Å². The molecule has 1 aromatic carbocycles. The number of hydrogen-bond acceptors (Lipinski definition) is 5. The third-order valence-corrected chi connectivity index (χ3v) is 5.49. The summed E-state index contributed by atoms with van der Waals surface area (Å²) in [7, 11) is 0. The second-order valence-electron chi connectivity index (χ2n) is 7.61. The summed E-state index contributed by atoms with van der Waals surface area (Å²) in [6, 6.07) is 10.5. The van der Waals surface area contributed by atoms with Gasteiger partial charge in [0.15, 0.2) is 0 Å². The van der Waals surface area contributed by atoms with Crippen molar-refractivity contribution in [3.63, 3.8) is 0 Å². The molecule has 2 aliphatic rings. The lowest BCUT2D eigenvalue weighted by atomic mass is 9.98. The van der Waals surface area contributed by atoms with Crippen LogP contribution in [0.5, 0.6) is 5.75 Å². The molecule has 2 heterocycles. The van der Waals surface area contributed by atoms with Crippen LogP contribution in [-0.2, 0) is 6.54 Å². The van der Waals surface area contributed by atoms with Crippen LogP contribution < -0.4 is 4.74 Å². The Bertz CT molecular complexity index is 587. The van der Waals surface area contributed by atoms with E-state index in [2.05, 4.69) is 21.9 Å². The highest BCUT2D eigenvalue weighted by atomic mass is 16.5. The Hall–Kier alpha value is -1.61. The van der Waals surface area contributed by atoms with E-state index in [4.69, 9.17) is 10.00 Å². The van der Waals surface area contributed by atoms with Crippen molar-refractivity contribution >= 4 is 0 Å². The first-order chi connectivity index (χ1) is 12.7. The van der Waals surface area contributed by atoms with Gasteiger partial charge in [0, 0.05) is 24.6 Å². The van der Waals surface area contributed by atoms with Crippen LogP contribution >= 0.6 is 0 Å². The Balaban J connectivity index is 1.48. The third-order valence-electron chi connectivity index (χ3n) is 5.49. The van der Waals surface area contributed by atoms with Gasteiger partial charge < -0.3 is 14.7 Å². The number of nitrogens with zero attached hydrogens (tertiary/aromatic N) is 3. The predicted octanol–water partition coefficient (Wildman–Crippen LogP) is 2.65. The minimum atomic E-state index is -0.451. The van der Waals surface area contributed by atoms with Crippen molar-refractivity contribution < 1.29 is 9.84 Å². The lowest BCUT2D eigenvalue weighted by Gasteiger charge is -2.30. The first kappa shape index (κ1) is 19.2. The highest BCUT2D eigenvalue weighted by Crippen LogP contribution is 2.23. The van der Waals surface area contributed by atoms with Crippen LogP contribution in [0.3, 0.4) is 0 Å². The average molecular weight is 357 g/mol. The SMILES string of the molecule is N#CC1CCN(Cc2ccccc2OC[C@@H](O)CN2CCCCC2)CC1. The van der Waals surface area contributed by atoms with E-state index in [1.807, 2.05) is 18.2 Å². The summed E-state index contributed by atoms with van der Waals surface area (Å²) < 4.78 is 5.97. The smallest absolute Gasteiger partial charge is 0.123 e. The molecule has 0 bridgehead atoms. The fourth-order valence-corrected chi connectivity index (χ4v) is 3.92. The second kappa shape index (κ2) is 9.91. The van der Waals surface area contributed by atoms with Gasteiger partial charge in [-0.2, -0.15) is 5.26 Å². The minimum Gasteiger partial charge on any atom is -0.491 e. The largest absolute Gasteiger partial charge is 0.491 e. The average Bonchev–Trinajstić information content (AvgIpc) is 2.69. The molecule has 0 unspecified atom stereocenters. The molecule has 0 spiro atoms. The number of hydrogen-bond donors (Lipinski definition) is 1. The Morgan fingerprint density at radius 3 is 2.54 bits per heavy atom. The number of piperidine rings is 2. The zero-order valence-electron chi connectivity index (χ0n) is 15.6. The monoisotopic (exact) mass is 357 g/mol. The van der Waals surface area contributed by atoms with Gasteiger partial charge in [0.25, 0.3) is 0 Å². The van der Waals surface area contributed by atoms with E-state index in [1.165, 1.54) is 19.3 Å². The maximum absolute atomic E-state index is 10.3. The molecule has 1 atom stereocenters. The third kappa shape index (κ3) is 5.70. The standard InChI is InChI=1S/C21H31N3O2/c22-14-18-8-12-24(13-9-18)15-19-6-2-3-7-21(19)26-17-20(25)16-23-10-4-1-5-11-23/h2-3,6-7,18,20,25H,1,4-5,8-13,15-17H2/t20-/m0/s1. The van der Waals surface area contributed by atoms with Gasteiger partial charge in [-0.25, -0.2) is 0 Å². The Morgan fingerprint density at radius 1 is 1.08 bits per heavy atom. The predicted molar refractivity (Wildman–Crippen MR) is 102 cm³/mol. The Kier molecular flexibility index (Phi) is 7.31. The molecular formula is C21H31N3O2. The topological polar surface area (TPSA) is 59.7 Å². The first-order valence-electron chi connectivity index (χ1n) is 9.97. The number of nitriles is 1. The number of para-hydroxylation sites is 1. The fraction of sp³-hybridized carbons (Fsp3) is 0.667. The van der Waals surface area contributed by atoms with E-state index in [0.717, 1.165) is 56.9 Å². The van der Waals surface area contributed by atoms with Crippen LogP contribution in [0.25, 0.3) is 0 Å². The molecule has 2 aliphatic heterocycles.